The molecule has 0 atom stereocenters. The van der Waals surface area contributed by atoms with Crippen molar-refractivity contribution in [1.29, 1.82) is 0 Å². The topological polar surface area (TPSA) is 251 Å². The van der Waals surface area contributed by atoms with Gasteiger partial charge < -0.3 is 47.9 Å². The number of fused-ring (bicyclic) bond motifs is 3. The predicted octanol–water partition coefficient (Wildman–Crippen LogP) is 18.9. The molecule has 134 heavy (non-hydrogen) atoms. The van der Waals surface area contributed by atoms with Crippen molar-refractivity contribution < 1.29 is 47.5 Å². The average Bonchev–Trinajstić information content (AvgIpc) is 0.761. The van der Waals surface area contributed by atoms with Crippen LogP contribution in [0.1, 0.15) is 152 Å². The highest BCUT2D eigenvalue weighted by molar-refractivity contribution is 6.13. The van der Waals surface area contributed by atoms with Crippen LogP contribution in [0.25, 0.3) is 0 Å². The van der Waals surface area contributed by atoms with Crippen LogP contribution in [-0.2, 0) is 45.4 Å². The number of hydrogen-bond donors (Lipinski definition) is 0. The van der Waals surface area contributed by atoms with E-state index >= 15 is 0 Å². The van der Waals surface area contributed by atoms with E-state index < -0.39 is 0 Å². The molecular weight excluding hydrogens is 1690 g/mol. The third-order valence-corrected chi connectivity index (χ3v) is 26.2. The summed E-state index contributed by atoms with van der Waals surface area (Å²) in [7, 11) is 16.4. The normalized spacial score (nSPS) is 15.8. The summed E-state index contributed by atoms with van der Waals surface area (Å²) in [5.74, 6) is 10.4. The molecule has 0 aliphatic carbocycles. The summed E-state index contributed by atoms with van der Waals surface area (Å²) in [6, 6.07) is 49.5. The number of piperazine rings is 1. The van der Waals surface area contributed by atoms with Gasteiger partial charge in [0, 0.05) is 98.9 Å². The highest BCUT2D eigenvalue weighted by Crippen LogP contribution is 2.46. The first-order chi connectivity index (χ1) is 64.9. The van der Waals surface area contributed by atoms with Crippen molar-refractivity contribution in [2.45, 2.75) is 144 Å². The molecule has 28 nitrogen and oxygen atoms in total. The van der Waals surface area contributed by atoms with Gasteiger partial charge >= 0.3 is 18.1 Å². The highest BCUT2D eigenvalue weighted by Gasteiger charge is 2.41. The Morgan fingerprint density at radius 2 is 0.731 bits per heavy atom. The molecule has 11 heterocycles. The predicted molar refractivity (Wildman–Crippen MR) is 524 cm³/mol. The number of nitrogens with zero attached hydrogens (tertiary/aromatic N) is 18. The minimum Gasteiger partial charge on any atom is -0.497 e. The molecule has 0 saturated carbocycles. The smallest absolute Gasteiger partial charge is 0.336 e. The van der Waals surface area contributed by atoms with Crippen LogP contribution < -0.4 is 62.6 Å². The molecule has 696 valence electrons. The quantitative estimate of drug-likeness (QED) is 0.0545. The third-order valence-electron chi connectivity index (χ3n) is 26.2. The van der Waals surface area contributed by atoms with Gasteiger partial charge in [0.2, 0.25) is 0 Å². The summed E-state index contributed by atoms with van der Waals surface area (Å²) in [5.41, 5.74) is 18.7. The summed E-state index contributed by atoms with van der Waals surface area (Å²) in [4.78, 5) is 101. The van der Waals surface area contributed by atoms with Gasteiger partial charge in [-0.15, -0.1) is 0 Å². The van der Waals surface area contributed by atoms with E-state index in [2.05, 4.69) is 105 Å². The van der Waals surface area contributed by atoms with Crippen LogP contribution in [0, 0.1) is 41.5 Å². The maximum absolute atomic E-state index is 14.5. The monoisotopic (exact) mass is 1810 g/mol. The second kappa shape index (κ2) is 41.6. The molecule has 18 rings (SSSR count). The van der Waals surface area contributed by atoms with Gasteiger partial charge in [0.1, 0.15) is 75.2 Å². The van der Waals surface area contributed by atoms with Gasteiger partial charge in [-0.25, -0.2) is 69.0 Å². The molecule has 28 heteroatoms. The fourth-order valence-corrected chi connectivity index (χ4v) is 18.9. The molecule has 6 aliphatic rings. The minimum atomic E-state index is -0.218. The van der Waals surface area contributed by atoms with E-state index in [4.69, 9.17) is 63.1 Å². The Bertz CT molecular complexity index is 6170. The van der Waals surface area contributed by atoms with Gasteiger partial charge in [-0.2, -0.15) is 0 Å². The van der Waals surface area contributed by atoms with Gasteiger partial charge in [-0.05, 0) is 256 Å². The number of likely N-dealkylation sites (tertiary alicyclic amines) is 2. The number of ether oxygens (including phenoxy) is 7. The zero-order chi connectivity index (χ0) is 94.1. The summed E-state index contributed by atoms with van der Waals surface area (Å²) >= 11 is 0. The van der Waals surface area contributed by atoms with Crippen LogP contribution in [-0.4, -0.2) is 200 Å². The second-order valence-corrected chi connectivity index (χ2v) is 35.9. The fraction of sp³-hybridized carbons (Fsp3) is 0.368. The van der Waals surface area contributed by atoms with E-state index in [1.54, 1.807) is 115 Å². The van der Waals surface area contributed by atoms with Crippen LogP contribution in [0.5, 0.6) is 40.2 Å². The van der Waals surface area contributed by atoms with Crippen molar-refractivity contribution in [1.82, 2.24) is 59.5 Å². The van der Waals surface area contributed by atoms with Gasteiger partial charge in [-0.3, -0.25) is 19.6 Å². The third kappa shape index (κ3) is 20.6. The van der Waals surface area contributed by atoms with Crippen molar-refractivity contribution in [3.8, 4) is 40.2 Å². The van der Waals surface area contributed by atoms with E-state index in [0.717, 1.165) is 186 Å². The summed E-state index contributed by atoms with van der Waals surface area (Å²) in [6.45, 7) is 26.8. The number of carbonyl (C=O) groups is 3. The number of piperidine rings is 2. The van der Waals surface area contributed by atoms with E-state index in [1.807, 2.05) is 141 Å². The van der Waals surface area contributed by atoms with Gasteiger partial charge in [0.15, 0.2) is 11.6 Å². The van der Waals surface area contributed by atoms with E-state index in [0.29, 0.717) is 126 Å². The lowest BCUT2D eigenvalue weighted by atomic mass is 9.88. The summed E-state index contributed by atoms with van der Waals surface area (Å²) in [6.07, 6.45) is 14.7. The Hall–Kier alpha value is -13.7. The lowest BCUT2D eigenvalue weighted by Gasteiger charge is -2.37. The van der Waals surface area contributed by atoms with Gasteiger partial charge in [0.25, 0.3) is 0 Å². The number of pyridine rings is 2. The van der Waals surface area contributed by atoms with E-state index in [-0.39, 0.29) is 24.2 Å². The van der Waals surface area contributed by atoms with Gasteiger partial charge in [-0.1, -0.05) is 91.0 Å². The molecule has 5 aromatic heterocycles. The largest absolute Gasteiger partial charge is 0.497 e. The van der Waals surface area contributed by atoms with Crippen molar-refractivity contribution in [3.63, 3.8) is 0 Å². The first kappa shape index (κ1) is 93.6. The van der Waals surface area contributed by atoms with Crippen LogP contribution in [0.15, 0.2) is 183 Å². The van der Waals surface area contributed by atoms with Crippen LogP contribution in [0.2, 0.25) is 0 Å². The lowest BCUT2D eigenvalue weighted by molar-refractivity contribution is 0.148. The van der Waals surface area contributed by atoms with Crippen molar-refractivity contribution in [2.75, 3.05) is 146 Å². The van der Waals surface area contributed by atoms with E-state index in [9.17, 15) is 14.4 Å². The SMILES string of the molecule is COc1ccc(N2C(=O)N(c3c(C)cccc3C)Cc3cnc(Cc4ccc(C5CCN(C)CC5)c(OC)c4)nc32)c(OC)c1.COc1ccc(N2C(=O)N(c3c(C)cccc3C)Cc3cnc(Cc4ccc(C5CCN(C)CC5)c(OC)c4)nc32)nc1.COc1ccc(N2C(=O)N(c3c(C)cccc3C)Cc3cnc(Cc4ccc(CN5CCN(C)CC5)cc4OC(C)C)nc32)nc1. The van der Waals surface area contributed by atoms with Crippen molar-refractivity contribution in [3.05, 3.63) is 284 Å². The summed E-state index contributed by atoms with van der Waals surface area (Å²) < 4.78 is 39.9. The standard InChI is InChI=1S/C36H43N7O3.C36H41N5O4.C34H38N6O3/c1-24(2)46-31-18-27(22-41-16-14-40(5)15-17-41)10-11-28(31)19-32-37-20-29-23-42(34-25(3)8-7-9-26(34)4)36(44)43(35(29)39-32)33-13-12-30(45-6)21-38-33;1-23-8-7-9-24(2)34(23)40-22-27-21-37-33(19-25-10-12-29(31(18-25)44-5)26-14-16-39(3)17-15-26)38-35(27)41(36(40)42)30-13-11-28(43-4)20-32(30)45-6;1-22-7-6-8-23(2)32(22)39-21-26-19-35-30(37-33(26)40(34(39)41)31-12-10-27(42-4)20-36-31)18-24-9-11-28(29(17-24)43-5)25-13-15-38(3)16-14-25/h7-13,18,20-21,24H,14-17,19,22-23H2,1-6H3;7-13,18,20-21,26H,14-17,19,22H2,1-6H3;6-12,17,19-20,25H,13-16,18,21H2,1-5H3. The number of anilines is 9. The van der Waals surface area contributed by atoms with Crippen molar-refractivity contribution in [2.24, 2.45) is 0 Å². The Morgan fingerprint density at radius 1 is 0.358 bits per heavy atom. The van der Waals surface area contributed by atoms with Crippen LogP contribution >= 0.6 is 0 Å². The molecular formula is C106H122N18O10. The average molecular weight is 1810 g/mol. The number of urea groups is 3. The molecule has 0 bridgehead atoms. The fourth-order valence-electron chi connectivity index (χ4n) is 18.9. The number of likely N-dealkylation sites (N-methyl/N-ethyl adjacent to an activating group) is 1. The Morgan fingerprint density at radius 3 is 1.12 bits per heavy atom. The number of hydrogen-bond acceptors (Lipinski definition) is 22. The molecule has 12 aromatic rings. The first-order valence-electron chi connectivity index (χ1n) is 46.1. The van der Waals surface area contributed by atoms with Crippen molar-refractivity contribution >= 4 is 69.9 Å². The number of para-hydroxylation sites is 3. The number of methoxy groups -OCH3 is 6. The molecule has 6 amide bonds. The maximum Gasteiger partial charge on any atom is 0.336 e. The first-order valence-corrected chi connectivity index (χ1v) is 46.1. The highest BCUT2D eigenvalue weighted by atomic mass is 16.5. The Balaban J connectivity index is 0.000000146. The summed E-state index contributed by atoms with van der Waals surface area (Å²) in [5, 5.41) is 0. The molecule has 0 unspecified atom stereocenters. The Kier molecular flexibility index (Phi) is 29.1. The molecule has 0 N–H and O–H groups in total. The molecule has 3 fully saturated rings. The molecule has 3 saturated heterocycles. The number of rotatable bonds is 24. The molecule has 7 aromatic carbocycles. The van der Waals surface area contributed by atoms with E-state index in [1.165, 1.54) is 16.7 Å². The minimum absolute atomic E-state index is 0.0206. The number of benzene rings is 7. The number of aryl methyl sites for hydroxylation is 6. The van der Waals surface area contributed by atoms with Crippen LogP contribution in [0.4, 0.5) is 66.2 Å². The zero-order valence-corrected chi connectivity index (χ0v) is 80.1. The second-order valence-electron chi connectivity index (χ2n) is 35.9. The number of aromatic nitrogens is 8. The van der Waals surface area contributed by atoms with Crippen LogP contribution in [0.3, 0.4) is 0 Å². The number of amides is 6. The molecule has 0 radical (unpaired) electrons. The van der Waals surface area contributed by atoms with Gasteiger partial charge in [0.05, 0.1) is 104 Å². The lowest BCUT2D eigenvalue weighted by Crippen LogP contribution is -2.46. The molecule has 0 spiro atoms. The number of carbonyl (C=O) groups excluding carboxylic acids is 3. The Labute approximate surface area is 786 Å². The zero-order valence-electron chi connectivity index (χ0n) is 80.1. The maximum atomic E-state index is 14.5. The molecule has 6 aliphatic heterocycles.